The van der Waals surface area contributed by atoms with Crippen LogP contribution < -0.4 is 0 Å². The lowest BCUT2D eigenvalue weighted by molar-refractivity contribution is -0.0570. The third kappa shape index (κ3) is 10.4. The smallest absolute Gasteiger partial charge is 0.0781 e. The molecule has 0 bridgehead atoms. The van der Waals surface area contributed by atoms with Crippen LogP contribution in [0.15, 0.2) is 0 Å². The van der Waals surface area contributed by atoms with Gasteiger partial charge in [0.15, 0.2) is 0 Å². The van der Waals surface area contributed by atoms with Crippen molar-refractivity contribution >= 4 is 0 Å². The molecule has 16 heavy (non-hydrogen) atoms. The molecule has 0 spiro atoms. The zero-order valence-electron chi connectivity index (χ0n) is 11.3. The molecule has 2 atom stereocenters. The normalized spacial score (nSPS) is 15.0. The summed E-state index contributed by atoms with van der Waals surface area (Å²) in [5.74, 6) is 0. The van der Waals surface area contributed by atoms with E-state index in [1.54, 1.807) is 0 Å². The second-order valence-corrected chi connectivity index (χ2v) is 4.25. The van der Waals surface area contributed by atoms with E-state index in [9.17, 15) is 0 Å². The van der Waals surface area contributed by atoms with E-state index in [0.29, 0.717) is 13.2 Å². The number of hydrogen-bond acceptors (Lipinski definition) is 3. The van der Waals surface area contributed by atoms with Gasteiger partial charge in [-0.15, -0.1) is 0 Å². The van der Waals surface area contributed by atoms with E-state index in [2.05, 4.69) is 13.8 Å². The Morgan fingerprint density at radius 1 is 0.812 bits per heavy atom. The number of unbranched alkanes of at least 4 members (excludes halogenated alkanes) is 1. The van der Waals surface area contributed by atoms with E-state index < -0.39 is 0 Å². The van der Waals surface area contributed by atoms with Gasteiger partial charge in [0.2, 0.25) is 0 Å². The molecule has 0 saturated heterocycles. The summed E-state index contributed by atoms with van der Waals surface area (Å²) in [6.45, 7) is 11.3. The second kappa shape index (κ2) is 11.4. The summed E-state index contributed by atoms with van der Waals surface area (Å²) in [6.07, 6.45) is 3.70. The number of rotatable bonds is 11. The maximum atomic E-state index is 5.63. The second-order valence-electron chi connectivity index (χ2n) is 4.25. The quantitative estimate of drug-likeness (QED) is 0.512. The fourth-order valence-electron chi connectivity index (χ4n) is 1.21. The molecule has 0 aromatic carbocycles. The fourth-order valence-corrected chi connectivity index (χ4v) is 1.21. The molecule has 0 fully saturated rings. The third-order valence-electron chi connectivity index (χ3n) is 2.22. The highest BCUT2D eigenvalue weighted by atomic mass is 16.6. The summed E-state index contributed by atoms with van der Waals surface area (Å²) in [4.78, 5) is 0. The molecule has 0 saturated carbocycles. The Balaban J connectivity index is 3.31. The van der Waals surface area contributed by atoms with E-state index in [1.165, 1.54) is 6.42 Å². The van der Waals surface area contributed by atoms with Crippen molar-refractivity contribution in [2.75, 3.05) is 26.4 Å². The van der Waals surface area contributed by atoms with Crippen LogP contribution in [0.2, 0.25) is 0 Å². The first kappa shape index (κ1) is 15.9. The summed E-state index contributed by atoms with van der Waals surface area (Å²) >= 11 is 0. The highest BCUT2D eigenvalue weighted by molar-refractivity contribution is 4.52. The zero-order chi connectivity index (χ0) is 12.2. The van der Waals surface area contributed by atoms with Crippen LogP contribution in [0.3, 0.4) is 0 Å². The Labute approximate surface area is 100 Å². The first-order chi connectivity index (χ1) is 7.70. The Morgan fingerprint density at radius 3 is 2.12 bits per heavy atom. The predicted octanol–water partition coefficient (Wildman–Crippen LogP) is 3.02. The van der Waals surface area contributed by atoms with Crippen LogP contribution in [0.1, 0.15) is 47.0 Å². The lowest BCUT2D eigenvalue weighted by Gasteiger charge is -2.17. The highest BCUT2D eigenvalue weighted by Crippen LogP contribution is 1.99. The topological polar surface area (TPSA) is 27.7 Å². The molecule has 0 aliphatic rings. The molecule has 0 amide bonds. The van der Waals surface area contributed by atoms with Crippen molar-refractivity contribution in [3.05, 3.63) is 0 Å². The molecule has 0 heterocycles. The minimum absolute atomic E-state index is 0.157. The third-order valence-corrected chi connectivity index (χ3v) is 2.22. The fraction of sp³-hybridized carbons (Fsp3) is 1.00. The first-order valence-electron chi connectivity index (χ1n) is 6.51. The monoisotopic (exact) mass is 232 g/mol. The molecular weight excluding hydrogens is 204 g/mol. The van der Waals surface area contributed by atoms with Crippen molar-refractivity contribution in [1.82, 2.24) is 0 Å². The maximum Gasteiger partial charge on any atom is 0.0781 e. The largest absolute Gasteiger partial charge is 0.379 e. The highest BCUT2D eigenvalue weighted by Gasteiger charge is 2.06. The molecule has 0 aromatic rings. The van der Waals surface area contributed by atoms with E-state index in [-0.39, 0.29) is 12.2 Å². The van der Waals surface area contributed by atoms with E-state index >= 15 is 0 Å². The summed E-state index contributed by atoms with van der Waals surface area (Å²) < 4.78 is 16.6. The lowest BCUT2D eigenvalue weighted by Crippen LogP contribution is -2.23. The average Bonchev–Trinajstić information content (AvgIpc) is 2.29. The Morgan fingerprint density at radius 2 is 1.50 bits per heavy atom. The Hall–Kier alpha value is -0.120. The molecule has 0 aliphatic carbocycles. The van der Waals surface area contributed by atoms with Gasteiger partial charge in [0, 0.05) is 13.2 Å². The van der Waals surface area contributed by atoms with E-state index in [0.717, 1.165) is 26.1 Å². The van der Waals surface area contributed by atoms with Crippen molar-refractivity contribution < 1.29 is 14.2 Å². The van der Waals surface area contributed by atoms with Crippen molar-refractivity contribution in [3.63, 3.8) is 0 Å². The SMILES string of the molecule is CCCCOCC(C)OCC(C)OCCC. The van der Waals surface area contributed by atoms with Gasteiger partial charge in [-0.2, -0.15) is 0 Å². The summed E-state index contributed by atoms with van der Waals surface area (Å²) in [7, 11) is 0. The molecule has 2 unspecified atom stereocenters. The molecule has 0 radical (unpaired) electrons. The van der Waals surface area contributed by atoms with Crippen LogP contribution >= 0.6 is 0 Å². The van der Waals surface area contributed by atoms with E-state index in [1.807, 2.05) is 13.8 Å². The molecule has 0 N–H and O–H groups in total. The van der Waals surface area contributed by atoms with Gasteiger partial charge < -0.3 is 14.2 Å². The minimum atomic E-state index is 0.157. The molecule has 3 nitrogen and oxygen atoms in total. The zero-order valence-corrected chi connectivity index (χ0v) is 11.3. The summed E-state index contributed by atoms with van der Waals surface area (Å²) in [5.41, 5.74) is 0. The molecule has 0 rings (SSSR count). The van der Waals surface area contributed by atoms with Gasteiger partial charge in [-0.05, 0) is 26.7 Å². The van der Waals surface area contributed by atoms with Gasteiger partial charge in [0.1, 0.15) is 0 Å². The molecular formula is C13H28O3. The minimum Gasteiger partial charge on any atom is -0.379 e. The first-order valence-corrected chi connectivity index (χ1v) is 6.51. The van der Waals surface area contributed by atoms with Crippen molar-refractivity contribution in [3.8, 4) is 0 Å². The van der Waals surface area contributed by atoms with Crippen LogP contribution in [0, 0.1) is 0 Å². The summed E-state index contributed by atoms with van der Waals surface area (Å²) in [5, 5.41) is 0. The Bertz CT molecular complexity index is 139. The van der Waals surface area contributed by atoms with E-state index in [4.69, 9.17) is 14.2 Å². The molecule has 98 valence electrons. The number of hydrogen-bond donors (Lipinski definition) is 0. The van der Waals surface area contributed by atoms with Gasteiger partial charge >= 0.3 is 0 Å². The van der Waals surface area contributed by atoms with Crippen LogP contribution in [0.4, 0.5) is 0 Å². The Kier molecular flexibility index (Phi) is 11.3. The van der Waals surface area contributed by atoms with Crippen molar-refractivity contribution in [1.29, 1.82) is 0 Å². The van der Waals surface area contributed by atoms with Crippen LogP contribution in [-0.4, -0.2) is 38.6 Å². The molecule has 0 aliphatic heterocycles. The van der Waals surface area contributed by atoms with Gasteiger partial charge in [-0.3, -0.25) is 0 Å². The average molecular weight is 232 g/mol. The summed E-state index contributed by atoms with van der Waals surface area (Å²) in [6, 6.07) is 0. The van der Waals surface area contributed by atoms with Gasteiger partial charge in [-0.25, -0.2) is 0 Å². The predicted molar refractivity (Wildman–Crippen MR) is 66.8 cm³/mol. The van der Waals surface area contributed by atoms with Crippen molar-refractivity contribution in [2.45, 2.75) is 59.2 Å². The lowest BCUT2D eigenvalue weighted by atomic mass is 10.3. The number of ether oxygens (including phenoxy) is 3. The van der Waals surface area contributed by atoms with Gasteiger partial charge in [-0.1, -0.05) is 20.3 Å². The van der Waals surface area contributed by atoms with Crippen LogP contribution in [0.5, 0.6) is 0 Å². The van der Waals surface area contributed by atoms with Crippen molar-refractivity contribution in [2.24, 2.45) is 0 Å². The standard InChI is InChI=1S/C13H28O3/c1-5-7-9-14-10-12(3)16-11-13(4)15-8-6-2/h12-13H,5-11H2,1-4H3. The molecule has 3 heteroatoms. The maximum absolute atomic E-state index is 5.63. The van der Waals surface area contributed by atoms with Crippen LogP contribution in [-0.2, 0) is 14.2 Å². The van der Waals surface area contributed by atoms with Crippen LogP contribution in [0.25, 0.3) is 0 Å². The van der Waals surface area contributed by atoms with Gasteiger partial charge in [0.05, 0.1) is 25.4 Å². The molecule has 0 aromatic heterocycles. The van der Waals surface area contributed by atoms with Gasteiger partial charge in [0.25, 0.3) is 0 Å².